The van der Waals surface area contributed by atoms with Crippen molar-refractivity contribution >= 4 is 5.91 Å². The van der Waals surface area contributed by atoms with Crippen molar-refractivity contribution in [2.45, 2.75) is 19.4 Å². The predicted molar refractivity (Wildman–Crippen MR) is 78.9 cm³/mol. The Kier molecular flexibility index (Phi) is 4.87. The number of ether oxygens (including phenoxy) is 2. The SMILES string of the molecule is COc1ccc(C[C@@H](C)NC(=O)c2ccco2)cc1OC. The minimum absolute atomic E-state index is 0.0271. The van der Waals surface area contributed by atoms with Gasteiger partial charge in [-0.25, -0.2) is 0 Å². The number of rotatable bonds is 6. The van der Waals surface area contributed by atoms with Crippen LogP contribution in [0.2, 0.25) is 0 Å². The van der Waals surface area contributed by atoms with Crippen LogP contribution in [0.4, 0.5) is 0 Å². The maximum atomic E-state index is 11.9. The summed E-state index contributed by atoms with van der Waals surface area (Å²) in [5.41, 5.74) is 1.06. The van der Waals surface area contributed by atoms with E-state index in [1.54, 1.807) is 26.4 Å². The summed E-state index contributed by atoms with van der Waals surface area (Å²) in [5, 5.41) is 2.89. The monoisotopic (exact) mass is 289 g/mol. The Balaban J connectivity index is 1.99. The number of furan rings is 1. The lowest BCUT2D eigenvalue weighted by Gasteiger charge is -2.14. The average Bonchev–Trinajstić information content (AvgIpc) is 3.01. The van der Waals surface area contributed by atoms with Gasteiger partial charge in [0.25, 0.3) is 5.91 Å². The topological polar surface area (TPSA) is 60.7 Å². The molecule has 0 bridgehead atoms. The number of carbonyl (C=O) groups is 1. The van der Waals surface area contributed by atoms with Gasteiger partial charge in [0, 0.05) is 6.04 Å². The van der Waals surface area contributed by atoms with Gasteiger partial charge in [0.2, 0.25) is 0 Å². The molecular weight excluding hydrogens is 270 g/mol. The van der Waals surface area contributed by atoms with Crippen LogP contribution in [0.3, 0.4) is 0 Å². The lowest BCUT2D eigenvalue weighted by molar-refractivity contribution is 0.0912. The maximum Gasteiger partial charge on any atom is 0.287 e. The van der Waals surface area contributed by atoms with Gasteiger partial charge in [-0.1, -0.05) is 6.07 Å². The van der Waals surface area contributed by atoms with Gasteiger partial charge in [0.1, 0.15) is 0 Å². The molecule has 21 heavy (non-hydrogen) atoms. The van der Waals surface area contributed by atoms with Gasteiger partial charge < -0.3 is 19.2 Å². The van der Waals surface area contributed by atoms with Crippen molar-refractivity contribution in [3.63, 3.8) is 0 Å². The lowest BCUT2D eigenvalue weighted by Crippen LogP contribution is -2.33. The fourth-order valence-electron chi connectivity index (χ4n) is 2.11. The second kappa shape index (κ2) is 6.83. The average molecular weight is 289 g/mol. The number of carbonyl (C=O) groups excluding carboxylic acids is 1. The highest BCUT2D eigenvalue weighted by Gasteiger charge is 2.13. The molecule has 112 valence electrons. The first-order valence-corrected chi connectivity index (χ1v) is 6.69. The van der Waals surface area contributed by atoms with Crippen LogP contribution in [-0.4, -0.2) is 26.2 Å². The highest BCUT2D eigenvalue weighted by molar-refractivity contribution is 5.91. The van der Waals surface area contributed by atoms with Gasteiger partial charge in [-0.3, -0.25) is 4.79 Å². The quantitative estimate of drug-likeness (QED) is 0.888. The molecule has 1 heterocycles. The van der Waals surface area contributed by atoms with Gasteiger partial charge in [-0.2, -0.15) is 0 Å². The van der Waals surface area contributed by atoms with Crippen LogP contribution in [0, 0.1) is 0 Å². The third-order valence-corrected chi connectivity index (χ3v) is 3.11. The molecular formula is C16H19NO4. The molecule has 0 fully saturated rings. The smallest absolute Gasteiger partial charge is 0.287 e. The normalized spacial score (nSPS) is 11.8. The van der Waals surface area contributed by atoms with Gasteiger partial charge in [-0.15, -0.1) is 0 Å². The fourth-order valence-corrected chi connectivity index (χ4v) is 2.11. The molecule has 0 aliphatic carbocycles. The Labute approximate surface area is 123 Å². The van der Waals surface area contributed by atoms with Crippen molar-refractivity contribution in [2.24, 2.45) is 0 Å². The number of benzene rings is 1. The van der Waals surface area contributed by atoms with Gasteiger partial charge in [0.15, 0.2) is 17.3 Å². The molecule has 0 unspecified atom stereocenters. The molecule has 0 aliphatic heterocycles. The van der Waals surface area contributed by atoms with Crippen molar-refractivity contribution < 1.29 is 18.7 Å². The van der Waals surface area contributed by atoms with Crippen molar-refractivity contribution in [3.05, 3.63) is 47.9 Å². The van der Waals surface area contributed by atoms with E-state index < -0.39 is 0 Å². The summed E-state index contributed by atoms with van der Waals surface area (Å²) in [4.78, 5) is 11.9. The zero-order valence-corrected chi connectivity index (χ0v) is 12.4. The first-order valence-electron chi connectivity index (χ1n) is 6.69. The van der Waals surface area contributed by atoms with E-state index in [0.29, 0.717) is 23.7 Å². The number of hydrogen-bond acceptors (Lipinski definition) is 4. The van der Waals surface area contributed by atoms with E-state index in [4.69, 9.17) is 13.9 Å². The van der Waals surface area contributed by atoms with E-state index in [0.717, 1.165) is 5.56 Å². The van der Waals surface area contributed by atoms with Crippen LogP contribution < -0.4 is 14.8 Å². The molecule has 5 heteroatoms. The molecule has 1 aromatic carbocycles. The molecule has 1 N–H and O–H groups in total. The third-order valence-electron chi connectivity index (χ3n) is 3.11. The molecule has 0 radical (unpaired) electrons. The molecule has 5 nitrogen and oxygen atoms in total. The summed E-state index contributed by atoms with van der Waals surface area (Å²) in [6, 6.07) is 9.02. The number of nitrogens with one attached hydrogen (secondary N) is 1. The zero-order chi connectivity index (χ0) is 15.2. The van der Waals surface area contributed by atoms with Crippen molar-refractivity contribution in [1.29, 1.82) is 0 Å². The van der Waals surface area contributed by atoms with Crippen molar-refractivity contribution in [2.75, 3.05) is 14.2 Å². The number of amides is 1. The summed E-state index contributed by atoms with van der Waals surface area (Å²) >= 11 is 0. The standard InChI is InChI=1S/C16H19NO4/c1-11(17-16(18)14-5-4-8-21-14)9-12-6-7-13(19-2)15(10-12)20-3/h4-8,10-11H,9H2,1-3H3,(H,17,18)/t11-/m1/s1. The second-order valence-corrected chi connectivity index (χ2v) is 4.75. The van der Waals surface area contributed by atoms with E-state index in [1.807, 2.05) is 25.1 Å². The first kappa shape index (κ1) is 15.0. The summed E-state index contributed by atoms with van der Waals surface area (Å²) < 4.78 is 15.5. The van der Waals surface area contributed by atoms with E-state index >= 15 is 0 Å². The fraction of sp³-hybridized carbons (Fsp3) is 0.312. The third kappa shape index (κ3) is 3.78. The minimum atomic E-state index is -0.215. The predicted octanol–water partition coefficient (Wildman–Crippen LogP) is 2.66. The molecule has 2 aromatic rings. The van der Waals surface area contributed by atoms with E-state index in [-0.39, 0.29) is 11.9 Å². The Hall–Kier alpha value is -2.43. The summed E-state index contributed by atoms with van der Waals surface area (Å²) in [5.74, 6) is 1.47. The highest BCUT2D eigenvalue weighted by atomic mass is 16.5. The maximum absolute atomic E-state index is 11.9. The second-order valence-electron chi connectivity index (χ2n) is 4.75. The summed E-state index contributed by atoms with van der Waals surface area (Å²) in [7, 11) is 3.20. The van der Waals surface area contributed by atoms with Gasteiger partial charge >= 0.3 is 0 Å². The van der Waals surface area contributed by atoms with E-state index in [2.05, 4.69) is 5.32 Å². The van der Waals surface area contributed by atoms with E-state index in [9.17, 15) is 4.79 Å². The molecule has 0 spiro atoms. The minimum Gasteiger partial charge on any atom is -0.493 e. The van der Waals surface area contributed by atoms with Crippen LogP contribution in [0.1, 0.15) is 23.0 Å². The Morgan fingerprint density at radius 1 is 1.24 bits per heavy atom. The number of hydrogen-bond donors (Lipinski definition) is 1. The summed E-state index contributed by atoms with van der Waals surface area (Å²) in [6.07, 6.45) is 2.17. The van der Waals surface area contributed by atoms with Crippen LogP contribution in [0.25, 0.3) is 0 Å². The number of methoxy groups -OCH3 is 2. The molecule has 0 aliphatic rings. The first-order chi connectivity index (χ1) is 10.1. The van der Waals surface area contributed by atoms with Crippen molar-refractivity contribution in [3.8, 4) is 11.5 Å². The van der Waals surface area contributed by atoms with Crippen LogP contribution in [0.15, 0.2) is 41.0 Å². The highest BCUT2D eigenvalue weighted by Crippen LogP contribution is 2.27. The Bertz CT molecular complexity index is 592. The molecule has 0 saturated heterocycles. The van der Waals surface area contributed by atoms with Gasteiger partial charge in [-0.05, 0) is 43.2 Å². The summed E-state index contributed by atoms with van der Waals surface area (Å²) in [6.45, 7) is 1.94. The van der Waals surface area contributed by atoms with Crippen LogP contribution >= 0.6 is 0 Å². The molecule has 1 atom stereocenters. The lowest BCUT2D eigenvalue weighted by atomic mass is 10.1. The zero-order valence-electron chi connectivity index (χ0n) is 12.4. The molecule has 0 saturated carbocycles. The largest absolute Gasteiger partial charge is 0.493 e. The van der Waals surface area contributed by atoms with E-state index in [1.165, 1.54) is 6.26 Å². The molecule has 1 amide bonds. The Morgan fingerprint density at radius 2 is 2.00 bits per heavy atom. The molecule has 1 aromatic heterocycles. The molecule has 2 rings (SSSR count). The van der Waals surface area contributed by atoms with Crippen LogP contribution in [-0.2, 0) is 6.42 Å². The van der Waals surface area contributed by atoms with Crippen LogP contribution in [0.5, 0.6) is 11.5 Å². The van der Waals surface area contributed by atoms with Gasteiger partial charge in [0.05, 0.1) is 20.5 Å². The van der Waals surface area contributed by atoms with Crippen molar-refractivity contribution in [1.82, 2.24) is 5.32 Å². The Morgan fingerprint density at radius 3 is 2.62 bits per heavy atom.